The highest BCUT2D eigenvalue weighted by Gasteiger charge is 2.36. The van der Waals surface area contributed by atoms with E-state index in [-0.39, 0.29) is 36.6 Å². The molecule has 0 saturated carbocycles. The zero-order valence-corrected chi connectivity index (χ0v) is 19.7. The Morgan fingerprint density at radius 1 is 1.23 bits per heavy atom. The van der Waals surface area contributed by atoms with Crippen molar-refractivity contribution in [3.05, 3.63) is 33.1 Å². The number of carbonyl (C=O) groups is 1. The molecule has 1 aromatic carbocycles. The second kappa shape index (κ2) is 8.89. The second-order valence-electron chi connectivity index (χ2n) is 7.94. The molecular weight excluding hydrogens is 486 g/mol. The van der Waals surface area contributed by atoms with E-state index in [2.05, 4.69) is 21.4 Å². The number of piperazine rings is 1. The molecule has 0 atom stereocenters. The van der Waals surface area contributed by atoms with E-state index in [0.29, 0.717) is 23.7 Å². The van der Waals surface area contributed by atoms with Crippen molar-refractivity contribution in [1.82, 2.24) is 19.6 Å². The van der Waals surface area contributed by atoms with Gasteiger partial charge in [-0.25, -0.2) is 13.8 Å². The number of hydrogen-bond donors (Lipinski definition) is 2. The molecule has 0 radical (unpaired) electrons. The molecule has 1 aromatic rings. The van der Waals surface area contributed by atoms with Gasteiger partial charge >= 0.3 is 0 Å². The van der Waals surface area contributed by atoms with Crippen LogP contribution in [0.25, 0.3) is 6.08 Å². The van der Waals surface area contributed by atoms with Crippen LogP contribution < -0.4 is 10.2 Å². The number of nitrogens with one attached hydrogen (secondary N) is 2. The number of piperidine rings is 1. The maximum absolute atomic E-state index is 13.1. The summed E-state index contributed by atoms with van der Waals surface area (Å²) in [6.07, 6.45) is 3.29. The van der Waals surface area contributed by atoms with Crippen LogP contribution in [0.15, 0.2) is 27.6 Å². The summed E-state index contributed by atoms with van der Waals surface area (Å²) in [5.74, 6) is 0.925. The molecule has 0 aliphatic carbocycles. The van der Waals surface area contributed by atoms with Crippen LogP contribution >= 0.6 is 15.9 Å². The molecule has 0 spiro atoms. The maximum atomic E-state index is 13.1. The number of hydrazine groups is 1. The Balaban J connectivity index is 1.38. The van der Waals surface area contributed by atoms with Crippen molar-refractivity contribution in [2.75, 3.05) is 39.3 Å². The SMILES string of the molecule is CC(=N)N1CCC(NN2CCN(S(=O)(=O)C3=Cc4ccc(Br)cc4OC3)CC2=O)CC1. The Morgan fingerprint density at radius 3 is 2.65 bits per heavy atom. The van der Waals surface area contributed by atoms with Crippen molar-refractivity contribution in [3.8, 4) is 5.75 Å². The Morgan fingerprint density at radius 2 is 1.97 bits per heavy atom. The van der Waals surface area contributed by atoms with Crippen LogP contribution in [0.5, 0.6) is 5.75 Å². The van der Waals surface area contributed by atoms with Gasteiger partial charge in [-0.3, -0.25) is 15.2 Å². The van der Waals surface area contributed by atoms with Gasteiger partial charge in [-0.2, -0.15) is 4.31 Å². The zero-order valence-electron chi connectivity index (χ0n) is 17.3. The van der Waals surface area contributed by atoms with Crippen molar-refractivity contribution in [1.29, 1.82) is 5.41 Å². The second-order valence-corrected chi connectivity index (χ2v) is 10.8. The molecule has 11 heteroatoms. The van der Waals surface area contributed by atoms with Crippen LogP contribution in [0.2, 0.25) is 0 Å². The summed E-state index contributed by atoms with van der Waals surface area (Å²) >= 11 is 3.38. The number of amides is 1. The van der Waals surface area contributed by atoms with Gasteiger partial charge in [-0.15, -0.1) is 0 Å². The van der Waals surface area contributed by atoms with Crippen molar-refractivity contribution in [3.63, 3.8) is 0 Å². The third-order valence-corrected chi connectivity index (χ3v) is 8.21. The highest BCUT2D eigenvalue weighted by molar-refractivity contribution is 9.10. The molecule has 2 fully saturated rings. The smallest absolute Gasteiger partial charge is 0.252 e. The van der Waals surface area contributed by atoms with Crippen LogP contribution in [-0.4, -0.2) is 79.7 Å². The standard InChI is InChI=1S/C20H26BrN5O4S/c1-14(22)24-6-4-17(5-7-24)23-26-9-8-25(12-20(26)27)31(28,29)18-10-15-2-3-16(21)11-19(15)30-13-18/h2-3,10-11,17,22-23H,4-9,12-13H2,1H3. The first-order valence-corrected chi connectivity index (χ1v) is 12.5. The molecule has 2 saturated heterocycles. The highest BCUT2D eigenvalue weighted by Crippen LogP contribution is 2.32. The van der Waals surface area contributed by atoms with E-state index < -0.39 is 10.0 Å². The number of carbonyl (C=O) groups excluding carboxylic acids is 1. The van der Waals surface area contributed by atoms with Crippen LogP contribution in [0.3, 0.4) is 0 Å². The minimum absolute atomic E-state index is 0.0521. The van der Waals surface area contributed by atoms with Gasteiger partial charge in [0, 0.05) is 35.7 Å². The van der Waals surface area contributed by atoms with E-state index in [1.165, 1.54) is 4.31 Å². The number of benzene rings is 1. The molecule has 1 amide bonds. The number of fused-ring (bicyclic) bond motifs is 1. The van der Waals surface area contributed by atoms with E-state index in [1.54, 1.807) is 30.1 Å². The van der Waals surface area contributed by atoms with Gasteiger partial charge in [0.15, 0.2) is 0 Å². The molecular formula is C20H26BrN5O4S. The number of nitrogens with zero attached hydrogens (tertiary/aromatic N) is 3. The van der Waals surface area contributed by atoms with E-state index >= 15 is 0 Å². The summed E-state index contributed by atoms with van der Waals surface area (Å²) in [4.78, 5) is 14.8. The fourth-order valence-electron chi connectivity index (χ4n) is 3.99. The molecule has 4 rings (SSSR count). The van der Waals surface area contributed by atoms with E-state index in [4.69, 9.17) is 10.1 Å². The number of rotatable bonds is 4. The summed E-state index contributed by atoms with van der Waals surface area (Å²) < 4.78 is 33.9. The molecule has 9 nitrogen and oxygen atoms in total. The minimum Gasteiger partial charge on any atom is -0.487 e. The molecule has 168 valence electrons. The normalized spacial score (nSPS) is 20.8. The largest absolute Gasteiger partial charge is 0.487 e. The van der Waals surface area contributed by atoms with Gasteiger partial charge in [-0.1, -0.05) is 22.0 Å². The van der Waals surface area contributed by atoms with Crippen LogP contribution in [-0.2, 0) is 14.8 Å². The maximum Gasteiger partial charge on any atom is 0.252 e. The van der Waals surface area contributed by atoms with Gasteiger partial charge in [0.2, 0.25) is 10.0 Å². The number of hydrogen-bond acceptors (Lipinski definition) is 6. The van der Waals surface area contributed by atoms with E-state index in [9.17, 15) is 13.2 Å². The quantitative estimate of drug-likeness (QED) is 0.469. The lowest BCUT2D eigenvalue weighted by molar-refractivity contribution is -0.138. The molecule has 3 aliphatic heterocycles. The van der Waals surface area contributed by atoms with Gasteiger partial charge in [-0.05, 0) is 38.0 Å². The first-order valence-electron chi connectivity index (χ1n) is 10.2. The topological polar surface area (TPSA) is 106 Å². The molecule has 0 aromatic heterocycles. The zero-order chi connectivity index (χ0) is 22.2. The molecule has 0 unspecified atom stereocenters. The summed E-state index contributed by atoms with van der Waals surface area (Å²) in [7, 11) is -3.79. The lowest BCUT2D eigenvalue weighted by atomic mass is 10.1. The van der Waals surface area contributed by atoms with Gasteiger partial charge in [0.25, 0.3) is 5.91 Å². The summed E-state index contributed by atoms with van der Waals surface area (Å²) in [5.41, 5.74) is 3.96. The first kappa shape index (κ1) is 22.3. The number of sulfonamides is 1. The van der Waals surface area contributed by atoms with Crippen molar-refractivity contribution in [2.24, 2.45) is 0 Å². The van der Waals surface area contributed by atoms with Crippen LogP contribution in [0.4, 0.5) is 0 Å². The lowest BCUT2D eigenvalue weighted by Crippen LogP contribution is -2.60. The Kier molecular flexibility index (Phi) is 6.38. The third-order valence-electron chi connectivity index (χ3n) is 5.83. The van der Waals surface area contributed by atoms with Crippen molar-refractivity contribution >= 4 is 43.8 Å². The van der Waals surface area contributed by atoms with Gasteiger partial charge in [0.05, 0.1) is 23.8 Å². The molecule has 31 heavy (non-hydrogen) atoms. The number of halogens is 1. The highest BCUT2D eigenvalue weighted by atomic mass is 79.9. The number of ether oxygens (including phenoxy) is 1. The predicted molar refractivity (Wildman–Crippen MR) is 121 cm³/mol. The van der Waals surface area contributed by atoms with Crippen molar-refractivity contribution < 1.29 is 17.9 Å². The fourth-order valence-corrected chi connectivity index (χ4v) is 5.75. The summed E-state index contributed by atoms with van der Waals surface area (Å²) in [6.45, 7) is 3.61. The van der Waals surface area contributed by atoms with Crippen LogP contribution in [0, 0.1) is 5.41 Å². The fraction of sp³-hybridized carbons (Fsp3) is 0.500. The molecule has 3 aliphatic rings. The van der Waals surface area contributed by atoms with E-state index in [0.717, 1.165) is 30.4 Å². The Labute approximate surface area is 190 Å². The summed E-state index contributed by atoms with van der Waals surface area (Å²) in [5, 5.41) is 9.26. The lowest BCUT2D eigenvalue weighted by Gasteiger charge is -2.39. The Bertz CT molecular complexity index is 1020. The van der Waals surface area contributed by atoms with Crippen molar-refractivity contribution in [2.45, 2.75) is 25.8 Å². The average molecular weight is 512 g/mol. The third kappa shape index (κ3) is 4.79. The molecule has 0 bridgehead atoms. The number of amidine groups is 1. The summed E-state index contributed by atoms with van der Waals surface area (Å²) in [6, 6.07) is 5.58. The van der Waals surface area contributed by atoms with Gasteiger partial charge in [0.1, 0.15) is 12.4 Å². The monoisotopic (exact) mass is 511 g/mol. The predicted octanol–water partition coefficient (Wildman–Crippen LogP) is 1.62. The minimum atomic E-state index is -3.79. The number of likely N-dealkylation sites (tertiary alicyclic amines) is 1. The molecule has 3 heterocycles. The molecule has 2 N–H and O–H groups in total. The van der Waals surface area contributed by atoms with E-state index in [1.807, 2.05) is 11.0 Å². The Hall–Kier alpha value is -1.95. The van der Waals surface area contributed by atoms with Gasteiger partial charge < -0.3 is 9.64 Å². The first-order chi connectivity index (χ1) is 14.7. The van der Waals surface area contributed by atoms with Crippen LogP contribution in [0.1, 0.15) is 25.3 Å². The average Bonchev–Trinajstić information content (AvgIpc) is 2.75.